The maximum atomic E-state index is 13.4. The van der Waals surface area contributed by atoms with Crippen molar-refractivity contribution in [3.05, 3.63) is 29.6 Å². The average Bonchev–Trinajstić information content (AvgIpc) is 2.84. The van der Waals surface area contributed by atoms with Crippen LogP contribution in [0.2, 0.25) is 0 Å². The summed E-state index contributed by atoms with van der Waals surface area (Å²) in [5, 5.41) is 5.12. The van der Waals surface area contributed by atoms with Crippen LogP contribution in [-0.2, 0) is 9.53 Å². The lowest BCUT2D eigenvalue weighted by Gasteiger charge is -2.12. The van der Waals surface area contributed by atoms with Crippen LogP contribution >= 0.6 is 0 Å². The van der Waals surface area contributed by atoms with Crippen LogP contribution in [0.1, 0.15) is 6.42 Å². The van der Waals surface area contributed by atoms with E-state index in [0.717, 1.165) is 0 Å². The molecule has 1 aromatic carbocycles. The van der Waals surface area contributed by atoms with Gasteiger partial charge in [-0.25, -0.2) is 13.2 Å². The summed E-state index contributed by atoms with van der Waals surface area (Å²) < 4.78 is 44.1. The number of hydrogen-bond donors (Lipinski definition) is 2. The molecule has 0 bridgehead atoms. The van der Waals surface area contributed by atoms with Gasteiger partial charge in [-0.15, -0.1) is 0 Å². The molecule has 1 aromatic rings. The van der Waals surface area contributed by atoms with Crippen LogP contribution in [0.4, 0.5) is 18.9 Å². The number of nitrogens with one attached hydrogen (secondary N) is 2. The number of benzene rings is 1. The molecule has 0 spiro atoms. The predicted molar refractivity (Wildman–Crippen MR) is 62.2 cm³/mol. The fourth-order valence-corrected chi connectivity index (χ4v) is 1.92. The third-order valence-corrected chi connectivity index (χ3v) is 3.01. The molecule has 2 unspecified atom stereocenters. The number of carbonyl (C=O) groups excluding carboxylic acids is 1. The van der Waals surface area contributed by atoms with Gasteiger partial charge in [0.25, 0.3) is 0 Å². The quantitative estimate of drug-likeness (QED) is 0.820. The number of ether oxygens (including phenoxy) is 1. The van der Waals surface area contributed by atoms with Gasteiger partial charge in [-0.2, -0.15) is 0 Å². The minimum atomic E-state index is -1.30. The van der Waals surface area contributed by atoms with Crippen LogP contribution in [-0.4, -0.2) is 31.7 Å². The van der Waals surface area contributed by atoms with Gasteiger partial charge in [-0.05, 0) is 6.42 Å². The maximum Gasteiger partial charge on any atom is 0.241 e. The van der Waals surface area contributed by atoms with Crippen molar-refractivity contribution in [1.29, 1.82) is 0 Å². The smallest absolute Gasteiger partial charge is 0.241 e. The number of rotatable bonds is 3. The van der Waals surface area contributed by atoms with Crippen LogP contribution in [0.3, 0.4) is 0 Å². The molecule has 2 atom stereocenters. The minimum absolute atomic E-state index is 0.0921. The van der Waals surface area contributed by atoms with Crippen molar-refractivity contribution < 1.29 is 22.7 Å². The summed E-state index contributed by atoms with van der Waals surface area (Å²) in [7, 11) is 1.53. The molecule has 0 saturated carbocycles. The summed E-state index contributed by atoms with van der Waals surface area (Å²) in [6.07, 6.45) is 0.346. The molecule has 0 aliphatic carbocycles. The normalized spacial score (nSPS) is 22.5. The zero-order valence-electron chi connectivity index (χ0n) is 10.2. The molecule has 2 N–H and O–H groups in total. The van der Waals surface area contributed by atoms with E-state index in [9.17, 15) is 18.0 Å². The van der Waals surface area contributed by atoms with E-state index < -0.39 is 29.4 Å². The first kappa shape index (κ1) is 13.8. The summed E-state index contributed by atoms with van der Waals surface area (Å²) in [6.45, 7) is 0.509. The summed E-state index contributed by atoms with van der Waals surface area (Å²) in [4.78, 5) is 11.8. The number of anilines is 1. The van der Waals surface area contributed by atoms with E-state index >= 15 is 0 Å². The van der Waals surface area contributed by atoms with Crippen molar-refractivity contribution in [2.75, 3.05) is 19.0 Å². The van der Waals surface area contributed by atoms with Crippen molar-refractivity contribution in [3.8, 4) is 0 Å². The van der Waals surface area contributed by atoms with Crippen molar-refractivity contribution >= 4 is 11.6 Å². The van der Waals surface area contributed by atoms with Crippen LogP contribution < -0.4 is 10.6 Å². The number of hydrogen-bond acceptors (Lipinski definition) is 3. The number of halogens is 3. The summed E-state index contributed by atoms with van der Waals surface area (Å²) >= 11 is 0. The lowest BCUT2D eigenvalue weighted by Crippen LogP contribution is -2.35. The topological polar surface area (TPSA) is 50.4 Å². The second kappa shape index (κ2) is 5.58. The van der Waals surface area contributed by atoms with E-state index in [1.54, 1.807) is 0 Å². The number of methoxy groups -OCH3 is 1. The van der Waals surface area contributed by atoms with Crippen molar-refractivity contribution in [2.24, 2.45) is 0 Å². The molecule has 7 heteroatoms. The van der Waals surface area contributed by atoms with E-state index in [0.29, 0.717) is 25.1 Å². The second-order valence-electron chi connectivity index (χ2n) is 4.29. The monoisotopic (exact) mass is 274 g/mol. The molecular formula is C12H13F3N2O2. The molecular weight excluding hydrogens is 261 g/mol. The van der Waals surface area contributed by atoms with E-state index in [1.807, 2.05) is 0 Å². The Bertz CT molecular complexity index is 496. The van der Waals surface area contributed by atoms with Crippen LogP contribution in [0, 0.1) is 17.5 Å². The van der Waals surface area contributed by atoms with Gasteiger partial charge >= 0.3 is 0 Å². The molecule has 1 heterocycles. The highest BCUT2D eigenvalue weighted by Crippen LogP contribution is 2.19. The van der Waals surface area contributed by atoms with E-state index in [4.69, 9.17) is 4.74 Å². The Morgan fingerprint density at radius 3 is 2.63 bits per heavy atom. The number of amides is 1. The maximum absolute atomic E-state index is 13.4. The Hall–Kier alpha value is -1.60. The van der Waals surface area contributed by atoms with Gasteiger partial charge in [0, 0.05) is 25.8 Å². The van der Waals surface area contributed by atoms with Gasteiger partial charge in [0.2, 0.25) is 5.91 Å². The third kappa shape index (κ3) is 3.05. The zero-order valence-corrected chi connectivity index (χ0v) is 10.2. The highest BCUT2D eigenvalue weighted by Gasteiger charge is 2.29. The molecule has 0 radical (unpaired) electrons. The van der Waals surface area contributed by atoms with Crippen LogP contribution in [0.15, 0.2) is 12.1 Å². The van der Waals surface area contributed by atoms with E-state index in [1.165, 1.54) is 7.11 Å². The first-order valence-corrected chi connectivity index (χ1v) is 5.73. The first-order valence-electron chi connectivity index (χ1n) is 5.73. The fraction of sp³-hybridized carbons (Fsp3) is 0.417. The lowest BCUT2D eigenvalue weighted by atomic mass is 10.2. The fourth-order valence-electron chi connectivity index (χ4n) is 1.92. The third-order valence-electron chi connectivity index (χ3n) is 3.01. The van der Waals surface area contributed by atoms with Gasteiger partial charge < -0.3 is 15.4 Å². The molecule has 1 amide bonds. The highest BCUT2D eigenvalue weighted by atomic mass is 19.2. The Kier molecular flexibility index (Phi) is 4.06. The Morgan fingerprint density at radius 2 is 2.00 bits per heavy atom. The molecule has 0 aromatic heterocycles. The van der Waals surface area contributed by atoms with Crippen molar-refractivity contribution in [3.63, 3.8) is 0 Å². The molecule has 1 aliphatic rings. The molecule has 4 nitrogen and oxygen atoms in total. The molecule has 1 fully saturated rings. The Labute approximate surface area is 107 Å². The predicted octanol–water partition coefficient (Wildman–Crippen LogP) is 1.42. The summed E-state index contributed by atoms with van der Waals surface area (Å²) in [6, 6.07) is 0.466. The van der Waals surface area contributed by atoms with Crippen LogP contribution in [0.25, 0.3) is 0 Å². The van der Waals surface area contributed by atoms with Gasteiger partial charge in [-0.1, -0.05) is 0 Å². The summed E-state index contributed by atoms with van der Waals surface area (Å²) in [5.41, 5.74) is -0.383. The largest absolute Gasteiger partial charge is 0.380 e. The Balaban J connectivity index is 2.05. The zero-order chi connectivity index (χ0) is 14.0. The van der Waals surface area contributed by atoms with Crippen molar-refractivity contribution in [2.45, 2.75) is 18.6 Å². The van der Waals surface area contributed by atoms with E-state index in [-0.39, 0.29) is 11.8 Å². The van der Waals surface area contributed by atoms with Gasteiger partial charge in [0.15, 0.2) is 11.6 Å². The van der Waals surface area contributed by atoms with Gasteiger partial charge in [0.05, 0.1) is 17.8 Å². The standard InChI is InChI=1S/C12H13F3N2O2/c1-19-6-2-11(16-5-6)12(18)17-10-4-8(14)7(13)3-9(10)15/h3-4,6,11,16H,2,5H2,1H3,(H,17,18). The second-order valence-corrected chi connectivity index (χ2v) is 4.29. The van der Waals surface area contributed by atoms with Gasteiger partial charge in [0.1, 0.15) is 5.82 Å². The SMILES string of the molecule is COC1CNC(C(=O)Nc2cc(F)c(F)cc2F)C1. The lowest BCUT2D eigenvalue weighted by molar-refractivity contribution is -0.118. The average molecular weight is 274 g/mol. The molecule has 1 aliphatic heterocycles. The van der Waals surface area contributed by atoms with Crippen molar-refractivity contribution in [1.82, 2.24) is 5.32 Å². The molecule has 19 heavy (non-hydrogen) atoms. The van der Waals surface area contributed by atoms with E-state index in [2.05, 4.69) is 10.6 Å². The molecule has 1 saturated heterocycles. The first-order chi connectivity index (χ1) is 9.01. The minimum Gasteiger partial charge on any atom is -0.380 e. The summed E-state index contributed by atoms with van der Waals surface area (Å²) in [5.74, 6) is -4.04. The van der Waals surface area contributed by atoms with Gasteiger partial charge in [-0.3, -0.25) is 4.79 Å². The molecule has 2 rings (SSSR count). The number of carbonyl (C=O) groups is 1. The highest BCUT2D eigenvalue weighted by molar-refractivity contribution is 5.95. The molecule has 104 valence electrons. The Morgan fingerprint density at radius 1 is 1.32 bits per heavy atom. The van der Waals surface area contributed by atoms with Crippen LogP contribution in [0.5, 0.6) is 0 Å².